The van der Waals surface area contributed by atoms with Crippen molar-refractivity contribution in [2.24, 2.45) is 5.84 Å². The zero-order valence-corrected chi connectivity index (χ0v) is 14.0. The van der Waals surface area contributed by atoms with E-state index < -0.39 is 15.9 Å². The van der Waals surface area contributed by atoms with Crippen LogP contribution in [0, 0.1) is 6.92 Å². The second-order valence-corrected chi connectivity index (χ2v) is 6.86. The van der Waals surface area contributed by atoms with E-state index in [9.17, 15) is 13.2 Å². The van der Waals surface area contributed by atoms with E-state index in [1.54, 1.807) is 6.92 Å². The van der Waals surface area contributed by atoms with Crippen molar-refractivity contribution in [3.63, 3.8) is 0 Å². The van der Waals surface area contributed by atoms with E-state index in [0.717, 1.165) is 5.56 Å². The lowest BCUT2D eigenvalue weighted by Gasteiger charge is -2.11. The maximum Gasteiger partial charge on any atom is 0.271 e. The highest BCUT2D eigenvalue weighted by Crippen LogP contribution is 2.22. The van der Waals surface area contributed by atoms with Crippen LogP contribution < -0.4 is 20.7 Å². The molecular formula is C16H19N3O4S. The zero-order valence-electron chi connectivity index (χ0n) is 13.2. The Bertz CT molecular complexity index is 807. The van der Waals surface area contributed by atoms with Gasteiger partial charge in [-0.3, -0.25) is 10.2 Å². The number of hydrazine groups is 1. The highest BCUT2D eigenvalue weighted by atomic mass is 32.2. The van der Waals surface area contributed by atoms with Gasteiger partial charge in [0, 0.05) is 6.54 Å². The van der Waals surface area contributed by atoms with Crippen molar-refractivity contribution in [1.82, 2.24) is 10.1 Å². The van der Waals surface area contributed by atoms with Crippen molar-refractivity contribution in [3.05, 3.63) is 59.7 Å². The summed E-state index contributed by atoms with van der Waals surface area (Å²) in [6.07, 6.45) is 0. The molecule has 0 heterocycles. The first-order chi connectivity index (χ1) is 11.4. The number of ether oxygens (including phenoxy) is 1. The summed E-state index contributed by atoms with van der Waals surface area (Å²) in [5.41, 5.74) is 3.42. The van der Waals surface area contributed by atoms with Gasteiger partial charge in [-0.1, -0.05) is 30.3 Å². The Hall–Kier alpha value is -2.42. The number of carbonyl (C=O) groups is 1. The summed E-state index contributed by atoms with van der Waals surface area (Å²) in [5.74, 6) is 4.91. The smallest absolute Gasteiger partial charge is 0.271 e. The summed E-state index contributed by atoms with van der Waals surface area (Å²) in [7, 11) is -3.64. The SMILES string of the molecule is Cc1cc(S(=O)(=O)NCc2ccccc2)ccc1OCC(=O)NN. The fourth-order valence-electron chi connectivity index (χ4n) is 1.99. The lowest BCUT2D eigenvalue weighted by Crippen LogP contribution is -2.34. The van der Waals surface area contributed by atoms with Gasteiger partial charge in [-0.05, 0) is 36.2 Å². The lowest BCUT2D eigenvalue weighted by atomic mass is 10.2. The first-order valence-electron chi connectivity index (χ1n) is 7.19. The number of amides is 1. The molecule has 2 rings (SSSR count). The maximum absolute atomic E-state index is 12.3. The molecule has 2 aromatic carbocycles. The minimum absolute atomic E-state index is 0.131. The average Bonchev–Trinajstić information content (AvgIpc) is 2.59. The predicted molar refractivity (Wildman–Crippen MR) is 89.5 cm³/mol. The number of hydrogen-bond acceptors (Lipinski definition) is 5. The molecule has 0 aliphatic rings. The van der Waals surface area contributed by atoms with Crippen LogP contribution in [0.4, 0.5) is 0 Å². The van der Waals surface area contributed by atoms with Crippen molar-refractivity contribution in [1.29, 1.82) is 0 Å². The molecule has 0 aromatic heterocycles. The van der Waals surface area contributed by atoms with Crippen LogP contribution in [0.15, 0.2) is 53.4 Å². The molecule has 7 nitrogen and oxygen atoms in total. The first kappa shape index (κ1) is 17.9. The van der Waals surface area contributed by atoms with E-state index >= 15 is 0 Å². The summed E-state index contributed by atoms with van der Waals surface area (Å²) in [4.78, 5) is 11.2. The van der Waals surface area contributed by atoms with Crippen LogP contribution >= 0.6 is 0 Å². The van der Waals surface area contributed by atoms with Gasteiger partial charge in [-0.25, -0.2) is 19.0 Å². The topological polar surface area (TPSA) is 111 Å². The molecule has 1 amide bonds. The molecule has 8 heteroatoms. The monoisotopic (exact) mass is 349 g/mol. The number of carbonyl (C=O) groups excluding carboxylic acids is 1. The van der Waals surface area contributed by atoms with Crippen molar-refractivity contribution in [3.8, 4) is 5.75 Å². The fraction of sp³-hybridized carbons (Fsp3) is 0.188. The van der Waals surface area contributed by atoms with Gasteiger partial charge in [-0.2, -0.15) is 0 Å². The minimum Gasteiger partial charge on any atom is -0.483 e. The van der Waals surface area contributed by atoms with Crippen LogP contribution in [-0.4, -0.2) is 20.9 Å². The van der Waals surface area contributed by atoms with Crippen LogP contribution in [0.25, 0.3) is 0 Å². The molecular weight excluding hydrogens is 330 g/mol. The number of nitrogens with one attached hydrogen (secondary N) is 2. The van der Waals surface area contributed by atoms with Crippen LogP contribution in [0.5, 0.6) is 5.75 Å². The molecule has 0 atom stereocenters. The highest BCUT2D eigenvalue weighted by Gasteiger charge is 2.15. The number of hydrogen-bond donors (Lipinski definition) is 3. The number of nitrogens with two attached hydrogens (primary N) is 1. The molecule has 0 aliphatic heterocycles. The van der Waals surface area contributed by atoms with E-state index in [0.29, 0.717) is 11.3 Å². The largest absolute Gasteiger partial charge is 0.483 e. The summed E-state index contributed by atoms with van der Waals surface area (Å²) < 4.78 is 32.5. The fourth-order valence-corrected chi connectivity index (χ4v) is 3.10. The number of aryl methyl sites for hydroxylation is 1. The van der Waals surface area contributed by atoms with E-state index in [1.165, 1.54) is 18.2 Å². The van der Waals surface area contributed by atoms with E-state index in [4.69, 9.17) is 10.6 Å². The van der Waals surface area contributed by atoms with Gasteiger partial charge in [0.15, 0.2) is 6.61 Å². The van der Waals surface area contributed by atoms with Crippen LogP contribution in [-0.2, 0) is 21.4 Å². The Balaban J connectivity index is 2.07. The molecule has 2 aromatic rings. The third-order valence-electron chi connectivity index (χ3n) is 3.29. The summed E-state index contributed by atoms with van der Waals surface area (Å²) in [6.45, 7) is 1.67. The molecule has 0 aliphatic carbocycles. The van der Waals surface area contributed by atoms with Crippen LogP contribution in [0.1, 0.15) is 11.1 Å². The summed E-state index contributed by atoms with van der Waals surface area (Å²) >= 11 is 0. The van der Waals surface area contributed by atoms with Gasteiger partial charge in [0.05, 0.1) is 4.90 Å². The predicted octanol–water partition coefficient (Wildman–Crippen LogP) is 0.842. The molecule has 0 unspecified atom stereocenters. The third-order valence-corrected chi connectivity index (χ3v) is 4.68. The standard InChI is InChI=1S/C16H19N3O4S/c1-12-9-14(7-8-15(12)23-11-16(20)19-17)24(21,22)18-10-13-5-3-2-4-6-13/h2-9,18H,10-11,17H2,1H3,(H,19,20). The molecule has 0 saturated heterocycles. The van der Waals surface area contributed by atoms with E-state index in [-0.39, 0.29) is 18.0 Å². The van der Waals surface area contributed by atoms with Gasteiger partial charge in [0.1, 0.15) is 5.75 Å². The Labute approximate surface area is 140 Å². The van der Waals surface area contributed by atoms with E-state index in [1.807, 2.05) is 35.8 Å². The van der Waals surface area contributed by atoms with Gasteiger partial charge >= 0.3 is 0 Å². The van der Waals surface area contributed by atoms with Gasteiger partial charge in [-0.15, -0.1) is 0 Å². The minimum atomic E-state index is -3.64. The number of sulfonamides is 1. The molecule has 24 heavy (non-hydrogen) atoms. The second-order valence-electron chi connectivity index (χ2n) is 5.09. The second kappa shape index (κ2) is 7.91. The molecule has 0 bridgehead atoms. The van der Waals surface area contributed by atoms with Gasteiger partial charge < -0.3 is 4.74 Å². The van der Waals surface area contributed by atoms with Crippen molar-refractivity contribution >= 4 is 15.9 Å². The Morgan fingerprint density at radius 1 is 1.17 bits per heavy atom. The van der Waals surface area contributed by atoms with Gasteiger partial charge in [0.2, 0.25) is 10.0 Å². The highest BCUT2D eigenvalue weighted by molar-refractivity contribution is 7.89. The lowest BCUT2D eigenvalue weighted by molar-refractivity contribution is -0.123. The first-order valence-corrected chi connectivity index (χ1v) is 8.67. The molecule has 128 valence electrons. The average molecular weight is 349 g/mol. The van der Waals surface area contributed by atoms with Crippen molar-refractivity contribution in [2.75, 3.05) is 6.61 Å². The Morgan fingerprint density at radius 2 is 1.88 bits per heavy atom. The molecule has 4 N–H and O–H groups in total. The quantitative estimate of drug-likeness (QED) is 0.390. The van der Waals surface area contributed by atoms with Crippen LogP contribution in [0.3, 0.4) is 0 Å². The summed E-state index contributed by atoms with van der Waals surface area (Å²) in [6, 6.07) is 13.7. The summed E-state index contributed by atoms with van der Waals surface area (Å²) in [5, 5.41) is 0. The Kier molecular flexibility index (Phi) is 5.91. The van der Waals surface area contributed by atoms with Gasteiger partial charge in [0.25, 0.3) is 5.91 Å². The van der Waals surface area contributed by atoms with E-state index in [2.05, 4.69) is 4.72 Å². The molecule has 0 spiro atoms. The maximum atomic E-state index is 12.3. The number of benzene rings is 2. The van der Waals surface area contributed by atoms with Crippen molar-refractivity contribution in [2.45, 2.75) is 18.4 Å². The molecule has 0 fully saturated rings. The Morgan fingerprint density at radius 3 is 2.50 bits per heavy atom. The third kappa shape index (κ3) is 4.79. The molecule has 0 saturated carbocycles. The molecule has 0 radical (unpaired) electrons. The van der Waals surface area contributed by atoms with Crippen LogP contribution in [0.2, 0.25) is 0 Å². The van der Waals surface area contributed by atoms with Crippen molar-refractivity contribution < 1.29 is 17.9 Å². The zero-order chi connectivity index (χ0) is 17.6. The normalized spacial score (nSPS) is 11.1. The number of rotatable bonds is 7.